The van der Waals surface area contributed by atoms with Crippen molar-refractivity contribution in [1.82, 2.24) is 0 Å². The first-order valence-electron chi connectivity index (χ1n) is 13.8. The summed E-state index contributed by atoms with van der Waals surface area (Å²) in [5.41, 5.74) is 2.12. The predicted octanol–water partition coefficient (Wildman–Crippen LogP) is 8.32. The zero-order chi connectivity index (χ0) is 27.8. The van der Waals surface area contributed by atoms with Gasteiger partial charge in [-0.25, -0.2) is 0 Å². The SMILES string of the molecule is C.C.C.C.CC(C)[N+]1([O-])CCOCC1.CC(C)[n+]1ccoc1.CC(C)[n+]1ccsc1.CC[N+](CC)(CC)C(C)C. The molecule has 0 aliphatic carbocycles. The van der Waals surface area contributed by atoms with Crippen LogP contribution in [0.4, 0.5) is 0 Å². The Morgan fingerprint density at radius 2 is 1.27 bits per heavy atom. The average molecular weight is 594 g/mol. The molecule has 0 bridgehead atoms. The molecular formula is C32H73N4O3S+3. The Bertz CT molecular complexity index is 692. The molecule has 8 heteroatoms. The van der Waals surface area contributed by atoms with Crippen LogP contribution in [-0.2, 0) is 4.74 Å². The quantitative estimate of drug-likeness (QED) is 0.184. The molecule has 1 aliphatic heterocycles. The lowest BCUT2D eigenvalue weighted by molar-refractivity contribution is -0.943. The van der Waals surface area contributed by atoms with Gasteiger partial charge < -0.3 is 23.5 Å². The second-order valence-electron chi connectivity index (χ2n) is 10.5. The second kappa shape index (κ2) is 25.4. The summed E-state index contributed by atoms with van der Waals surface area (Å²) in [7, 11) is 0. The van der Waals surface area contributed by atoms with Gasteiger partial charge in [-0.15, -0.1) is 0 Å². The van der Waals surface area contributed by atoms with Gasteiger partial charge in [-0.05, 0) is 76.2 Å². The molecule has 0 saturated carbocycles. The van der Waals surface area contributed by atoms with E-state index in [1.807, 2.05) is 24.6 Å². The van der Waals surface area contributed by atoms with Gasteiger partial charge in [0.05, 0.1) is 50.3 Å². The first kappa shape index (κ1) is 48.4. The van der Waals surface area contributed by atoms with Crippen molar-refractivity contribution in [3.05, 3.63) is 41.1 Å². The van der Waals surface area contributed by atoms with E-state index in [9.17, 15) is 5.21 Å². The van der Waals surface area contributed by atoms with Gasteiger partial charge in [-0.2, -0.15) is 9.13 Å². The van der Waals surface area contributed by atoms with Crippen LogP contribution >= 0.6 is 11.3 Å². The van der Waals surface area contributed by atoms with Gasteiger partial charge in [0.1, 0.15) is 13.1 Å². The number of morpholine rings is 1. The first-order valence-corrected chi connectivity index (χ1v) is 14.7. The summed E-state index contributed by atoms with van der Waals surface area (Å²) in [5.74, 6) is 0. The smallest absolute Gasteiger partial charge is 0.334 e. The van der Waals surface area contributed by atoms with E-state index in [2.05, 4.69) is 84.0 Å². The van der Waals surface area contributed by atoms with Crippen molar-refractivity contribution >= 4 is 11.3 Å². The standard InChI is InChI=1S/C9H22N.C7H15NO2.C6H10NO.C6H10NS.4CH4/c1-6-10(7-2,8-3)9(4)5;1-7(2)8(9)3-5-10-6-4-8;2*1-6(2)7-3-4-8-5-7;;;;/h9H,6-8H2,1-5H3;7H,3-6H2,1-2H3;2*3-6H,1-2H3;4*1H4/q+1;;2*+1;;;;. The van der Waals surface area contributed by atoms with E-state index in [1.54, 1.807) is 24.0 Å². The molecule has 0 spiro atoms. The Labute approximate surface area is 255 Å². The highest BCUT2D eigenvalue weighted by molar-refractivity contribution is 7.07. The number of hydrogen-bond donors (Lipinski definition) is 0. The van der Waals surface area contributed by atoms with Crippen molar-refractivity contribution in [3.8, 4) is 0 Å². The molecule has 1 saturated heterocycles. The second-order valence-corrected chi connectivity index (χ2v) is 11.3. The Hall–Kier alpha value is -1.32. The average Bonchev–Trinajstić information content (AvgIpc) is 3.57. The number of quaternary nitrogens is 2. The van der Waals surface area contributed by atoms with Crippen molar-refractivity contribution in [2.45, 2.75) is 130 Å². The van der Waals surface area contributed by atoms with Crippen LogP contribution in [0.1, 0.15) is 118 Å². The molecule has 2 aromatic rings. The van der Waals surface area contributed by atoms with E-state index in [0.29, 0.717) is 38.4 Å². The third-order valence-corrected chi connectivity index (χ3v) is 7.98. The molecule has 0 amide bonds. The monoisotopic (exact) mass is 594 g/mol. The predicted molar refractivity (Wildman–Crippen MR) is 177 cm³/mol. The van der Waals surface area contributed by atoms with Crippen LogP contribution in [0.2, 0.25) is 0 Å². The lowest BCUT2D eigenvalue weighted by Gasteiger charge is -2.48. The van der Waals surface area contributed by atoms with Crippen LogP contribution in [0.25, 0.3) is 0 Å². The molecule has 40 heavy (non-hydrogen) atoms. The lowest BCUT2D eigenvalue weighted by atomic mass is 10.2. The molecule has 0 unspecified atom stereocenters. The van der Waals surface area contributed by atoms with Crippen LogP contribution in [0.3, 0.4) is 0 Å². The fourth-order valence-corrected chi connectivity index (χ4v) is 4.75. The molecular weight excluding hydrogens is 520 g/mol. The normalized spacial score (nSPS) is 13.6. The molecule has 0 atom stereocenters. The molecule has 0 radical (unpaired) electrons. The summed E-state index contributed by atoms with van der Waals surface area (Å²) >= 11 is 1.73. The number of hydroxylamine groups is 3. The van der Waals surface area contributed by atoms with Crippen molar-refractivity contribution in [1.29, 1.82) is 0 Å². The highest BCUT2D eigenvalue weighted by Gasteiger charge is 2.24. The van der Waals surface area contributed by atoms with E-state index in [-0.39, 0.29) is 40.4 Å². The Balaban J connectivity index is -0.000000132. The molecule has 1 aliphatic rings. The van der Waals surface area contributed by atoms with Crippen molar-refractivity contribution in [2.24, 2.45) is 0 Å². The maximum Gasteiger partial charge on any atom is 0.334 e. The van der Waals surface area contributed by atoms with Gasteiger partial charge in [0, 0.05) is 0 Å². The third-order valence-electron chi connectivity index (χ3n) is 7.34. The number of hydrogen-bond acceptors (Lipinski definition) is 4. The van der Waals surface area contributed by atoms with E-state index in [0.717, 1.165) is 6.04 Å². The molecule has 0 N–H and O–H groups in total. The molecule has 1 fully saturated rings. The maximum absolute atomic E-state index is 11.7. The van der Waals surface area contributed by atoms with E-state index in [1.165, 1.54) is 24.1 Å². The summed E-state index contributed by atoms with van der Waals surface area (Å²) in [6.45, 7) is 30.3. The summed E-state index contributed by atoms with van der Waals surface area (Å²) in [6.07, 6.45) is 7.37. The van der Waals surface area contributed by atoms with Crippen LogP contribution < -0.4 is 9.13 Å². The molecule has 3 rings (SSSR count). The van der Waals surface area contributed by atoms with Gasteiger partial charge in [0.15, 0.2) is 24.5 Å². The van der Waals surface area contributed by atoms with Gasteiger partial charge >= 0.3 is 6.39 Å². The van der Waals surface area contributed by atoms with Crippen LogP contribution in [0.5, 0.6) is 0 Å². The van der Waals surface area contributed by atoms with Crippen molar-refractivity contribution in [3.63, 3.8) is 0 Å². The maximum atomic E-state index is 11.7. The minimum atomic E-state index is -0.0694. The molecule has 3 heterocycles. The first-order chi connectivity index (χ1) is 16.9. The van der Waals surface area contributed by atoms with E-state index >= 15 is 0 Å². The lowest BCUT2D eigenvalue weighted by Crippen LogP contribution is -2.54. The van der Waals surface area contributed by atoms with Crippen molar-refractivity contribution < 1.29 is 27.4 Å². The summed E-state index contributed by atoms with van der Waals surface area (Å²) < 4.78 is 15.3. The number of rotatable bonds is 7. The fraction of sp³-hybridized carbons (Fsp3) is 0.812. The third kappa shape index (κ3) is 17.5. The Kier molecular flexibility index (Phi) is 30.7. The van der Waals surface area contributed by atoms with Crippen LogP contribution in [-0.4, -0.2) is 67.2 Å². The van der Waals surface area contributed by atoms with Crippen LogP contribution in [0.15, 0.2) is 40.4 Å². The summed E-state index contributed by atoms with van der Waals surface area (Å²) in [4.78, 5) is 0. The molecule has 2 aromatic heterocycles. The zero-order valence-electron chi connectivity index (χ0n) is 25.1. The van der Waals surface area contributed by atoms with E-state index < -0.39 is 0 Å². The molecule has 7 nitrogen and oxygen atoms in total. The summed E-state index contributed by atoms with van der Waals surface area (Å²) in [5, 5.41) is 13.8. The number of aromatic nitrogens is 2. The molecule has 0 aromatic carbocycles. The number of nitrogens with zero attached hydrogens (tertiary/aromatic N) is 4. The molecule has 242 valence electrons. The van der Waals surface area contributed by atoms with Crippen LogP contribution in [0, 0.1) is 5.21 Å². The number of thiazole rings is 1. The Morgan fingerprint density at radius 1 is 0.800 bits per heavy atom. The van der Waals surface area contributed by atoms with Gasteiger partial charge in [0.25, 0.3) is 0 Å². The van der Waals surface area contributed by atoms with Gasteiger partial charge in [-0.3, -0.25) is 0 Å². The number of oxazole rings is 1. The van der Waals surface area contributed by atoms with Gasteiger partial charge in [0.2, 0.25) is 11.7 Å². The topological polar surface area (TPSA) is 53.2 Å². The largest absolute Gasteiger partial charge is 0.632 e. The zero-order valence-corrected chi connectivity index (χ0v) is 26.0. The van der Waals surface area contributed by atoms with E-state index in [4.69, 9.17) is 9.15 Å². The van der Waals surface area contributed by atoms with Crippen molar-refractivity contribution in [2.75, 3.05) is 45.9 Å². The van der Waals surface area contributed by atoms with Gasteiger partial charge in [-0.1, -0.05) is 41.0 Å². The highest BCUT2D eigenvalue weighted by atomic mass is 32.1. The Morgan fingerprint density at radius 3 is 1.45 bits per heavy atom. The minimum absolute atomic E-state index is 0. The summed E-state index contributed by atoms with van der Waals surface area (Å²) in [6, 6.07) is 2.08. The number of ether oxygens (including phenoxy) is 1. The highest BCUT2D eigenvalue weighted by Crippen LogP contribution is 2.14. The minimum Gasteiger partial charge on any atom is -0.632 e. The fourth-order valence-electron chi connectivity index (χ4n) is 4.01.